The fourth-order valence-electron chi connectivity index (χ4n) is 3.31. The number of fused-ring (bicyclic) bond motifs is 2. The Labute approximate surface area is 142 Å². The Bertz CT molecular complexity index is 717. The summed E-state index contributed by atoms with van der Waals surface area (Å²) in [6.07, 6.45) is -0.185. The van der Waals surface area contributed by atoms with E-state index in [4.69, 9.17) is 4.74 Å². The van der Waals surface area contributed by atoms with Crippen LogP contribution in [0.5, 0.6) is 0 Å². The molecule has 1 N–H and O–H groups in total. The Morgan fingerprint density at radius 3 is 2.76 bits per heavy atom. The van der Waals surface area contributed by atoms with E-state index in [9.17, 15) is 22.8 Å². The lowest BCUT2D eigenvalue weighted by Gasteiger charge is -2.31. The molecule has 25 heavy (non-hydrogen) atoms. The van der Waals surface area contributed by atoms with Crippen LogP contribution in [0.4, 0.5) is 23.7 Å². The average molecular weight is 354 g/mol. The highest BCUT2D eigenvalue weighted by atomic mass is 19.4. The van der Waals surface area contributed by atoms with Gasteiger partial charge in [0.15, 0.2) is 0 Å². The van der Waals surface area contributed by atoms with Gasteiger partial charge in [0.05, 0.1) is 18.2 Å². The normalized spacial score (nSPS) is 24.5. The smallest absolute Gasteiger partial charge is 0.416 e. The molecule has 2 bridgehead atoms. The van der Waals surface area contributed by atoms with Crippen molar-refractivity contribution in [2.45, 2.75) is 31.6 Å². The van der Waals surface area contributed by atoms with Gasteiger partial charge in [-0.05, 0) is 31.5 Å². The Kier molecular flexibility index (Phi) is 4.45. The summed E-state index contributed by atoms with van der Waals surface area (Å²) in [5.41, 5.74) is -0.829. The van der Waals surface area contributed by atoms with Crippen molar-refractivity contribution in [1.29, 1.82) is 0 Å². The van der Waals surface area contributed by atoms with Gasteiger partial charge >= 0.3 is 18.2 Å². The lowest BCUT2D eigenvalue weighted by Crippen LogP contribution is -2.50. The molecule has 1 aliphatic carbocycles. The number of alkyl halides is 3. The van der Waals surface area contributed by atoms with Gasteiger partial charge in [0.2, 0.25) is 0 Å². The van der Waals surface area contributed by atoms with Crippen molar-refractivity contribution >= 4 is 17.7 Å². The van der Waals surface area contributed by atoms with E-state index < -0.39 is 29.8 Å². The Hall–Kier alpha value is -2.51. The van der Waals surface area contributed by atoms with Crippen LogP contribution in [-0.2, 0) is 15.7 Å². The van der Waals surface area contributed by atoms with Crippen molar-refractivity contribution in [3.63, 3.8) is 0 Å². The van der Waals surface area contributed by atoms with Gasteiger partial charge in [-0.3, -0.25) is 0 Å². The fourth-order valence-corrected chi connectivity index (χ4v) is 3.31. The monoisotopic (exact) mass is 354 g/mol. The number of carbonyl (C=O) groups excluding carboxylic acids is 2. The van der Waals surface area contributed by atoms with Gasteiger partial charge in [0.25, 0.3) is 0 Å². The molecule has 3 atom stereocenters. The molecule has 134 valence electrons. The van der Waals surface area contributed by atoms with Crippen LogP contribution in [0.2, 0.25) is 0 Å². The maximum absolute atomic E-state index is 12.8. The summed E-state index contributed by atoms with van der Waals surface area (Å²) in [6, 6.07) is 2.76. The predicted octanol–water partition coefficient (Wildman–Crippen LogP) is 3.43. The van der Waals surface area contributed by atoms with Gasteiger partial charge in [-0.2, -0.15) is 13.2 Å². The van der Waals surface area contributed by atoms with Crippen molar-refractivity contribution in [1.82, 2.24) is 4.90 Å². The maximum atomic E-state index is 12.8. The number of esters is 1. The third-order valence-electron chi connectivity index (χ3n) is 4.36. The number of halogens is 3. The van der Waals surface area contributed by atoms with Crippen LogP contribution in [-0.4, -0.2) is 35.6 Å². The topological polar surface area (TPSA) is 58.6 Å². The van der Waals surface area contributed by atoms with E-state index >= 15 is 0 Å². The molecule has 1 aromatic rings. The highest BCUT2D eigenvalue weighted by molar-refractivity contribution is 5.94. The Balaban J connectivity index is 1.78. The number of urea groups is 1. The summed E-state index contributed by atoms with van der Waals surface area (Å²) >= 11 is 0. The second-order valence-electron chi connectivity index (χ2n) is 5.96. The number of carbonyl (C=O) groups is 2. The van der Waals surface area contributed by atoms with Gasteiger partial charge < -0.3 is 15.0 Å². The van der Waals surface area contributed by atoms with Crippen LogP contribution >= 0.6 is 0 Å². The van der Waals surface area contributed by atoms with Crippen LogP contribution in [0, 0.1) is 5.92 Å². The maximum Gasteiger partial charge on any atom is 0.416 e. The van der Waals surface area contributed by atoms with Gasteiger partial charge in [-0.25, -0.2) is 9.59 Å². The van der Waals surface area contributed by atoms with Crippen molar-refractivity contribution in [3.05, 3.63) is 42.0 Å². The van der Waals surface area contributed by atoms with E-state index in [2.05, 4.69) is 5.32 Å². The lowest BCUT2D eigenvalue weighted by atomic mass is 10.0. The zero-order valence-corrected chi connectivity index (χ0v) is 13.4. The number of nitrogens with zero attached hydrogens (tertiary/aromatic N) is 1. The summed E-state index contributed by atoms with van der Waals surface area (Å²) in [6.45, 7) is 1.87. The van der Waals surface area contributed by atoms with Gasteiger partial charge in [-0.15, -0.1) is 0 Å². The predicted molar refractivity (Wildman–Crippen MR) is 83.8 cm³/mol. The molecule has 1 fully saturated rings. The first-order valence-electron chi connectivity index (χ1n) is 7.92. The molecule has 5 nitrogen and oxygen atoms in total. The number of ether oxygens (including phenoxy) is 1. The summed E-state index contributed by atoms with van der Waals surface area (Å²) in [4.78, 5) is 26.1. The molecule has 3 rings (SSSR count). The molecule has 1 aliphatic heterocycles. The number of hydrogen-bond donors (Lipinski definition) is 1. The number of anilines is 1. The SMILES string of the molecule is CCOC(=O)C1C2C=CC(C2)N1C(=O)Nc1cccc(C(F)(F)F)c1. The number of rotatable bonds is 3. The Morgan fingerprint density at radius 2 is 2.08 bits per heavy atom. The van der Waals surface area contributed by atoms with Crippen molar-refractivity contribution in [3.8, 4) is 0 Å². The molecule has 2 aliphatic rings. The molecule has 1 heterocycles. The lowest BCUT2D eigenvalue weighted by molar-refractivity contribution is -0.148. The number of likely N-dealkylation sites (tertiary alicyclic amines) is 1. The van der Waals surface area contributed by atoms with Crippen molar-refractivity contribution < 1.29 is 27.5 Å². The van der Waals surface area contributed by atoms with Crippen molar-refractivity contribution in [2.75, 3.05) is 11.9 Å². The summed E-state index contributed by atoms with van der Waals surface area (Å²) in [5.74, 6) is -0.630. The van der Waals surface area contributed by atoms with E-state index in [1.807, 2.05) is 12.2 Å². The molecular weight excluding hydrogens is 337 g/mol. The van der Waals surface area contributed by atoms with Crippen LogP contribution in [0.3, 0.4) is 0 Å². The first kappa shape index (κ1) is 17.3. The zero-order chi connectivity index (χ0) is 18.2. The number of hydrogen-bond acceptors (Lipinski definition) is 3. The van der Waals surface area contributed by atoms with Gasteiger partial charge in [0.1, 0.15) is 6.04 Å². The molecule has 2 amide bonds. The van der Waals surface area contributed by atoms with E-state index in [0.717, 1.165) is 12.1 Å². The van der Waals surface area contributed by atoms with Crippen LogP contribution in [0.15, 0.2) is 36.4 Å². The largest absolute Gasteiger partial charge is 0.464 e. The summed E-state index contributed by atoms with van der Waals surface area (Å²) < 4.78 is 43.4. The minimum atomic E-state index is -4.50. The Morgan fingerprint density at radius 1 is 1.32 bits per heavy atom. The summed E-state index contributed by atoms with van der Waals surface area (Å²) in [5, 5.41) is 2.45. The number of benzene rings is 1. The molecule has 0 radical (unpaired) electrons. The molecule has 3 unspecified atom stereocenters. The highest BCUT2D eigenvalue weighted by Gasteiger charge is 2.49. The minimum absolute atomic E-state index is 0.0224. The average Bonchev–Trinajstić information content (AvgIpc) is 3.15. The second-order valence-corrected chi connectivity index (χ2v) is 5.96. The standard InChI is InChI=1S/C17H17F3N2O3/c1-2-25-15(23)14-10-6-7-13(8-10)22(14)16(24)21-12-5-3-4-11(9-12)17(18,19)20/h3-7,9-10,13-14H,2,8H2,1H3,(H,21,24). The van der Waals surface area contributed by atoms with Crippen LogP contribution in [0.25, 0.3) is 0 Å². The van der Waals surface area contributed by atoms with E-state index in [1.165, 1.54) is 17.0 Å². The van der Waals surface area contributed by atoms with Crippen molar-refractivity contribution in [2.24, 2.45) is 5.92 Å². The minimum Gasteiger partial charge on any atom is -0.464 e. The third kappa shape index (κ3) is 3.33. The zero-order valence-electron chi connectivity index (χ0n) is 13.4. The summed E-state index contributed by atoms with van der Waals surface area (Å²) in [7, 11) is 0. The number of nitrogens with one attached hydrogen (secondary N) is 1. The molecule has 8 heteroatoms. The van der Waals surface area contributed by atoms with Crippen LogP contribution in [0.1, 0.15) is 18.9 Å². The molecule has 1 aromatic carbocycles. The van der Waals surface area contributed by atoms with E-state index in [1.54, 1.807) is 6.92 Å². The number of amides is 2. The highest BCUT2D eigenvalue weighted by Crippen LogP contribution is 2.38. The second kappa shape index (κ2) is 6.42. The van der Waals surface area contributed by atoms with E-state index in [0.29, 0.717) is 6.42 Å². The first-order valence-corrected chi connectivity index (χ1v) is 7.92. The molecule has 0 aromatic heterocycles. The molecule has 0 saturated carbocycles. The molecular formula is C17H17F3N2O3. The van der Waals surface area contributed by atoms with Gasteiger partial charge in [-0.1, -0.05) is 18.2 Å². The quantitative estimate of drug-likeness (QED) is 0.668. The molecule has 0 spiro atoms. The van der Waals surface area contributed by atoms with E-state index in [-0.39, 0.29) is 24.3 Å². The van der Waals surface area contributed by atoms with Gasteiger partial charge in [0, 0.05) is 11.6 Å². The fraction of sp³-hybridized carbons (Fsp3) is 0.412. The first-order chi connectivity index (χ1) is 11.8. The molecule has 1 saturated heterocycles. The van der Waals surface area contributed by atoms with Crippen LogP contribution < -0.4 is 5.32 Å². The third-order valence-corrected chi connectivity index (χ3v) is 4.36.